The summed E-state index contributed by atoms with van der Waals surface area (Å²) in [7, 11) is 0. The van der Waals surface area contributed by atoms with Crippen molar-refractivity contribution < 1.29 is 14.0 Å². The summed E-state index contributed by atoms with van der Waals surface area (Å²) >= 11 is 0. The second-order valence-electron chi connectivity index (χ2n) is 4.92. The molecule has 0 unspecified atom stereocenters. The minimum Gasteiger partial charge on any atom is -0.463 e. The number of nitrogens with zero attached hydrogens (tertiary/aromatic N) is 1. The van der Waals surface area contributed by atoms with Crippen LogP contribution in [0.3, 0.4) is 0 Å². The Bertz CT molecular complexity index is 915. The van der Waals surface area contributed by atoms with E-state index in [1.807, 2.05) is 42.5 Å². The lowest BCUT2D eigenvalue weighted by Gasteiger charge is -2.03. The maximum absolute atomic E-state index is 12.0. The molecule has 0 spiro atoms. The number of carbonyl (C=O) groups excluding carboxylic acids is 1. The predicted molar refractivity (Wildman–Crippen MR) is 83.3 cm³/mol. The molecule has 0 saturated heterocycles. The van der Waals surface area contributed by atoms with E-state index in [0.717, 1.165) is 16.3 Å². The molecule has 4 rings (SSSR count). The normalized spacial score (nSPS) is 16.1. The summed E-state index contributed by atoms with van der Waals surface area (Å²) in [5, 5.41) is 6.00. The van der Waals surface area contributed by atoms with Crippen molar-refractivity contribution >= 4 is 28.5 Å². The Hall–Kier alpha value is -3.14. The maximum Gasteiger partial charge on any atom is 0.368 e. The van der Waals surface area contributed by atoms with E-state index in [1.54, 1.807) is 18.2 Å². The van der Waals surface area contributed by atoms with Gasteiger partial charge in [0.15, 0.2) is 11.5 Å². The number of oxime groups is 1. The van der Waals surface area contributed by atoms with Crippen LogP contribution in [0.25, 0.3) is 16.8 Å². The van der Waals surface area contributed by atoms with E-state index in [9.17, 15) is 4.79 Å². The van der Waals surface area contributed by atoms with Crippen molar-refractivity contribution in [3.05, 3.63) is 77.8 Å². The third kappa shape index (κ3) is 2.02. The average Bonchev–Trinajstić information content (AvgIpc) is 3.18. The van der Waals surface area contributed by atoms with Crippen molar-refractivity contribution in [2.24, 2.45) is 5.16 Å². The number of furan rings is 1. The molecule has 0 bridgehead atoms. The first-order chi connectivity index (χ1) is 10.8. The fourth-order valence-corrected chi connectivity index (χ4v) is 2.53. The second kappa shape index (κ2) is 5.00. The molecular weight excluding hydrogens is 278 g/mol. The number of hydrogen-bond donors (Lipinski definition) is 0. The Morgan fingerprint density at radius 1 is 0.955 bits per heavy atom. The molecule has 22 heavy (non-hydrogen) atoms. The molecular formula is C18H11NO3. The molecule has 0 aliphatic carbocycles. The molecule has 4 heteroatoms. The molecule has 3 aromatic rings. The zero-order valence-electron chi connectivity index (χ0n) is 11.5. The number of rotatable bonds is 2. The highest BCUT2D eigenvalue weighted by Crippen LogP contribution is 2.25. The van der Waals surface area contributed by atoms with Crippen LogP contribution >= 0.6 is 0 Å². The van der Waals surface area contributed by atoms with Crippen LogP contribution in [0.2, 0.25) is 0 Å². The summed E-state index contributed by atoms with van der Waals surface area (Å²) in [6, 6.07) is 17.5. The molecule has 0 saturated carbocycles. The van der Waals surface area contributed by atoms with Gasteiger partial charge < -0.3 is 9.25 Å². The lowest BCUT2D eigenvalue weighted by Crippen LogP contribution is -2.05. The predicted octanol–water partition coefficient (Wildman–Crippen LogP) is 3.78. The highest BCUT2D eigenvalue weighted by atomic mass is 16.7. The minimum atomic E-state index is -0.473. The molecule has 106 valence electrons. The topological polar surface area (TPSA) is 51.8 Å². The monoisotopic (exact) mass is 289 g/mol. The first-order valence-electron chi connectivity index (χ1n) is 6.86. The van der Waals surface area contributed by atoms with Crippen LogP contribution in [-0.4, -0.2) is 11.7 Å². The first-order valence-corrected chi connectivity index (χ1v) is 6.86. The van der Waals surface area contributed by atoms with Crippen LogP contribution in [0.5, 0.6) is 0 Å². The van der Waals surface area contributed by atoms with Gasteiger partial charge in [-0.15, -0.1) is 0 Å². The van der Waals surface area contributed by atoms with Gasteiger partial charge in [-0.05, 0) is 34.5 Å². The van der Waals surface area contributed by atoms with Crippen molar-refractivity contribution in [2.75, 3.05) is 0 Å². The molecule has 0 atom stereocenters. The quantitative estimate of drug-likeness (QED) is 0.533. The third-order valence-electron chi connectivity index (χ3n) is 3.57. The van der Waals surface area contributed by atoms with Gasteiger partial charge in [-0.25, -0.2) is 4.79 Å². The number of benzene rings is 2. The lowest BCUT2D eigenvalue weighted by atomic mass is 10.0. The van der Waals surface area contributed by atoms with Gasteiger partial charge in [0, 0.05) is 0 Å². The van der Waals surface area contributed by atoms with E-state index in [-0.39, 0.29) is 0 Å². The fourth-order valence-electron chi connectivity index (χ4n) is 2.53. The Labute approximate surface area is 126 Å². The molecule has 0 radical (unpaired) electrons. The minimum absolute atomic E-state index is 0.395. The van der Waals surface area contributed by atoms with Gasteiger partial charge in [0.05, 0.1) is 11.8 Å². The molecule has 1 aromatic heterocycles. The van der Waals surface area contributed by atoms with Crippen molar-refractivity contribution in [3.8, 4) is 0 Å². The van der Waals surface area contributed by atoms with Crippen LogP contribution in [0.4, 0.5) is 0 Å². The molecule has 4 nitrogen and oxygen atoms in total. The third-order valence-corrected chi connectivity index (χ3v) is 3.57. The van der Waals surface area contributed by atoms with Crippen LogP contribution in [0, 0.1) is 0 Å². The number of carbonyl (C=O) groups is 1. The van der Waals surface area contributed by atoms with Crippen LogP contribution in [0.1, 0.15) is 11.3 Å². The van der Waals surface area contributed by atoms with Gasteiger partial charge in [0.1, 0.15) is 0 Å². The fraction of sp³-hybridized carbons (Fsp3) is 0. The van der Waals surface area contributed by atoms with Crippen molar-refractivity contribution in [1.82, 2.24) is 0 Å². The van der Waals surface area contributed by atoms with Gasteiger partial charge in [-0.1, -0.05) is 47.6 Å². The smallest absolute Gasteiger partial charge is 0.368 e. The molecule has 0 fully saturated rings. The molecule has 2 aromatic carbocycles. The summed E-state index contributed by atoms with van der Waals surface area (Å²) in [5.41, 5.74) is 1.75. The van der Waals surface area contributed by atoms with E-state index >= 15 is 0 Å². The van der Waals surface area contributed by atoms with Crippen molar-refractivity contribution in [3.63, 3.8) is 0 Å². The number of hydrogen-bond acceptors (Lipinski definition) is 4. The van der Waals surface area contributed by atoms with Gasteiger partial charge in [0.25, 0.3) is 0 Å². The first kappa shape index (κ1) is 12.6. The molecule has 1 aliphatic rings. The summed E-state index contributed by atoms with van der Waals surface area (Å²) in [4.78, 5) is 16.8. The van der Waals surface area contributed by atoms with E-state index in [1.165, 1.54) is 6.26 Å². The van der Waals surface area contributed by atoms with E-state index in [0.29, 0.717) is 17.0 Å². The summed E-state index contributed by atoms with van der Waals surface area (Å²) < 4.78 is 5.32. The highest BCUT2D eigenvalue weighted by molar-refractivity contribution is 6.30. The zero-order valence-corrected chi connectivity index (χ0v) is 11.5. The van der Waals surface area contributed by atoms with Crippen molar-refractivity contribution in [1.29, 1.82) is 0 Å². The molecule has 1 aliphatic heterocycles. The van der Waals surface area contributed by atoms with E-state index < -0.39 is 5.97 Å². The van der Waals surface area contributed by atoms with Gasteiger partial charge in [-0.2, -0.15) is 0 Å². The number of fused-ring (bicyclic) bond motifs is 1. The summed E-state index contributed by atoms with van der Waals surface area (Å²) in [6.07, 6.45) is 3.33. The molecule has 2 heterocycles. The van der Waals surface area contributed by atoms with E-state index in [2.05, 4.69) is 5.16 Å². The summed E-state index contributed by atoms with van der Waals surface area (Å²) in [5.74, 6) is 0.0386. The Morgan fingerprint density at radius 3 is 2.68 bits per heavy atom. The highest BCUT2D eigenvalue weighted by Gasteiger charge is 2.28. The summed E-state index contributed by atoms with van der Waals surface area (Å²) in [6.45, 7) is 0. The average molecular weight is 289 g/mol. The second-order valence-corrected chi connectivity index (χ2v) is 4.92. The Morgan fingerprint density at radius 2 is 1.82 bits per heavy atom. The van der Waals surface area contributed by atoms with Gasteiger partial charge in [-0.3, -0.25) is 0 Å². The van der Waals surface area contributed by atoms with Gasteiger partial charge >= 0.3 is 5.97 Å². The SMILES string of the molecule is O=C1ON=C(c2ccco2)C1=Cc1cccc2ccccc12. The molecule has 0 N–H and O–H groups in total. The largest absolute Gasteiger partial charge is 0.463 e. The van der Waals surface area contributed by atoms with Gasteiger partial charge in [0.2, 0.25) is 0 Å². The van der Waals surface area contributed by atoms with Crippen LogP contribution < -0.4 is 0 Å². The van der Waals surface area contributed by atoms with Crippen molar-refractivity contribution in [2.45, 2.75) is 0 Å². The Kier molecular flexibility index (Phi) is 2.86. The van der Waals surface area contributed by atoms with E-state index in [4.69, 9.17) is 9.25 Å². The van der Waals surface area contributed by atoms with Crippen LogP contribution in [-0.2, 0) is 9.63 Å². The lowest BCUT2D eigenvalue weighted by molar-refractivity contribution is -0.136. The standard InChI is InChI=1S/C18H11NO3/c20-18-15(17(19-22-18)16-9-4-10-21-16)11-13-7-3-6-12-5-1-2-8-14(12)13/h1-11H. The Balaban J connectivity index is 1.87. The zero-order chi connectivity index (χ0) is 14.9. The van der Waals surface area contributed by atoms with Crippen LogP contribution in [0.15, 0.2) is 76.0 Å². The molecule has 0 amide bonds. The maximum atomic E-state index is 12.0.